The number of carbonyl (C=O) groups is 3. The molecule has 1 aromatic carbocycles. The molecule has 3 aliphatic rings. The minimum Gasteiger partial charge on any atom is -0.369 e. The van der Waals surface area contributed by atoms with Gasteiger partial charge < -0.3 is 10.6 Å². The molecule has 1 fully saturated rings. The van der Waals surface area contributed by atoms with Crippen LogP contribution in [0.2, 0.25) is 0 Å². The molecule has 0 unspecified atom stereocenters. The van der Waals surface area contributed by atoms with Crippen LogP contribution < -0.4 is 10.6 Å². The van der Waals surface area contributed by atoms with Crippen molar-refractivity contribution in [2.75, 3.05) is 37.6 Å². The first-order chi connectivity index (χ1) is 13.1. The van der Waals surface area contributed by atoms with Crippen molar-refractivity contribution in [1.82, 2.24) is 9.80 Å². The summed E-state index contributed by atoms with van der Waals surface area (Å²) >= 11 is 0. The summed E-state index contributed by atoms with van der Waals surface area (Å²) in [7, 11) is 0. The zero-order chi connectivity index (χ0) is 19.0. The molecule has 0 spiro atoms. The minimum absolute atomic E-state index is 0.0130. The molecular formula is C19H23N5O3. The third kappa shape index (κ3) is 3.15. The number of primary amides is 1. The Bertz CT molecular complexity index is 813. The SMILES string of the molecule is NC(=O)C1CCN(C(=O)CN2C(=O)N3CCCN=C3c3ccccc32)CC1. The smallest absolute Gasteiger partial charge is 0.330 e. The zero-order valence-electron chi connectivity index (χ0n) is 15.1. The highest BCUT2D eigenvalue weighted by Crippen LogP contribution is 2.30. The van der Waals surface area contributed by atoms with Gasteiger partial charge in [0.2, 0.25) is 11.8 Å². The van der Waals surface area contributed by atoms with Crippen molar-refractivity contribution >= 4 is 29.4 Å². The molecule has 3 aliphatic heterocycles. The summed E-state index contributed by atoms with van der Waals surface area (Å²) in [5.41, 5.74) is 6.97. The molecule has 0 aromatic heterocycles. The number of anilines is 1. The van der Waals surface area contributed by atoms with Crippen molar-refractivity contribution in [2.45, 2.75) is 19.3 Å². The fraction of sp³-hybridized carbons (Fsp3) is 0.474. The van der Waals surface area contributed by atoms with Crippen LogP contribution in [-0.4, -0.2) is 66.2 Å². The van der Waals surface area contributed by atoms with Crippen LogP contribution in [0.4, 0.5) is 10.5 Å². The normalized spacial score (nSPS) is 20.1. The van der Waals surface area contributed by atoms with E-state index in [-0.39, 0.29) is 30.3 Å². The summed E-state index contributed by atoms with van der Waals surface area (Å²) in [6.45, 7) is 2.29. The Morgan fingerprint density at radius 3 is 2.63 bits per heavy atom. The number of piperidine rings is 1. The van der Waals surface area contributed by atoms with Crippen LogP contribution in [-0.2, 0) is 9.59 Å². The van der Waals surface area contributed by atoms with Crippen LogP contribution in [0.3, 0.4) is 0 Å². The first kappa shape index (κ1) is 17.5. The van der Waals surface area contributed by atoms with Gasteiger partial charge in [-0.1, -0.05) is 12.1 Å². The molecule has 0 bridgehead atoms. The van der Waals surface area contributed by atoms with E-state index in [1.807, 2.05) is 24.3 Å². The minimum atomic E-state index is -0.306. The highest BCUT2D eigenvalue weighted by atomic mass is 16.2. The number of likely N-dealkylation sites (tertiary alicyclic amines) is 1. The van der Waals surface area contributed by atoms with E-state index in [0.717, 1.165) is 17.7 Å². The number of benzene rings is 1. The lowest BCUT2D eigenvalue weighted by Crippen LogP contribution is -2.56. The molecule has 4 rings (SSSR count). The Hall–Kier alpha value is -2.90. The summed E-state index contributed by atoms with van der Waals surface area (Å²) in [6.07, 6.45) is 1.98. The lowest BCUT2D eigenvalue weighted by Gasteiger charge is -2.40. The van der Waals surface area contributed by atoms with Crippen molar-refractivity contribution in [3.8, 4) is 0 Å². The van der Waals surface area contributed by atoms with Gasteiger partial charge in [-0.25, -0.2) is 4.79 Å². The van der Waals surface area contributed by atoms with Gasteiger partial charge in [-0.3, -0.25) is 24.4 Å². The van der Waals surface area contributed by atoms with Crippen molar-refractivity contribution in [1.29, 1.82) is 0 Å². The Labute approximate surface area is 157 Å². The van der Waals surface area contributed by atoms with E-state index in [2.05, 4.69) is 4.99 Å². The summed E-state index contributed by atoms with van der Waals surface area (Å²) < 4.78 is 0. The summed E-state index contributed by atoms with van der Waals surface area (Å²) in [5, 5.41) is 0. The first-order valence-electron chi connectivity index (χ1n) is 9.36. The van der Waals surface area contributed by atoms with Gasteiger partial charge in [0.1, 0.15) is 12.4 Å². The van der Waals surface area contributed by atoms with E-state index in [9.17, 15) is 14.4 Å². The molecule has 2 N–H and O–H groups in total. The van der Waals surface area contributed by atoms with Crippen molar-refractivity contribution in [3.63, 3.8) is 0 Å². The van der Waals surface area contributed by atoms with E-state index in [1.54, 1.807) is 14.7 Å². The Kier molecular flexibility index (Phi) is 4.55. The number of aliphatic imine (C=N–C) groups is 1. The Morgan fingerprint density at radius 2 is 1.89 bits per heavy atom. The highest BCUT2D eigenvalue weighted by Gasteiger charge is 2.37. The number of hydrogen-bond acceptors (Lipinski definition) is 4. The van der Waals surface area contributed by atoms with E-state index in [0.29, 0.717) is 44.9 Å². The second kappa shape index (κ2) is 7.02. The number of fused-ring (bicyclic) bond motifs is 3. The van der Waals surface area contributed by atoms with Gasteiger partial charge in [0.05, 0.1) is 5.69 Å². The predicted octanol–water partition coefficient (Wildman–Crippen LogP) is 0.803. The van der Waals surface area contributed by atoms with Gasteiger partial charge in [0, 0.05) is 37.7 Å². The third-order valence-electron chi connectivity index (χ3n) is 5.50. The zero-order valence-corrected chi connectivity index (χ0v) is 15.1. The molecule has 0 saturated carbocycles. The Balaban J connectivity index is 1.54. The average Bonchev–Trinajstić information content (AvgIpc) is 2.71. The molecule has 8 nitrogen and oxygen atoms in total. The van der Waals surface area contributed by atoms with Crippen molar-refractivity contribution < 1.29 is 14.4 Å². The Morgan fingerprint density at radius 1 is 1.15 bits per heavy atom. The molecule has 0 atom stereocenters. The standard InChI is InChI=1S/C19H23N5O3/c20-17(26)13-6-10-22(11-7-13)16(25)12-24-15-5-2-1-4-14(15)18-21-8-3-9-23(18)19(24)27/h1-2,4-5,13H,3,6-12H2,(H2,20,26). The highest BCUT2D eigenvalue weighted by molar-refractivity contribution is 6.20. The molecule has 3 heterocycles. The summed E-state index contributed by atoms with van der Waals surface area (Å²) in [4.78, 5) is 46.6. The van der Waals surface area contributed by atoms with Gasteiger partial charge in [-0.15, -0.1) is 0 Å². The van der Waals surface area contributed by atoms with Gasteiger partial charge >= 0.3 is 6.03 Å². The monoisotopic (exact) mass is 369 g/mol. The fourth-order valence-electron chi connectivity index (χ4n) is 3.97. The van der Waals surface area contributed by atoms with Crippen molar-refractivity contribution in [2.24, 2.45) is 16.6 Å². The van der Waals surface area contributed by atoms with E-state index < -0.39 is 0 Å². The number of urea groups is 1. The van der Waals surface area contributed by atoms with E-state index in [1.165, 1.54) is 0 Å². The second-order valence-electron chi connectivity index (χ2n) is 7.15. The molecule has 27 heavy (non-hydrogen) atoms. The number of nitrogens with two attached hydrogens (primary N) is 1. The molecule has 0 radical (unpaired) electrons. The lowest BCUT2D eigenvalue weighted by atomic mass is 9.96. The molecule has 1 aromatic rings. The van der Waals surface area contributed by atoms with Gasteiger partial charge in [0.15, 0.2) is 0 Å². The molecule has 8 heteroatoms. The van der Waals surface area contributed by atoms with Crippen molar-refractivity contribution in [3.05, 3.63) is 29.8 Å². The maximum absolute atomic E-state index is 13.0. The third-order valence-corrected chi connectivity index (χ3v) is 5.50. The second-order valence-corrected chi connectivity index (χ2v) is 7.15. The van der Waals surface area contributed by atoms with Crippen LogP contribution in [0, 0.1) is 5.92 Å². The van der Waals surface area contributed by atoms with Crippen LogP contribution in [0.15, 0.2) is 29.3 Å². The molecule has 0 aliphatic carbocycles. The largest absolute Gasteiger partial charge is 0.369 e. The maximum Gasteiger partial charge on any atom is 0.330 e. The molecular weight excluding hydrogens is 346 g/mol. The molecule has 142 valence electrons. The summed E-state index contributed by atoms with van der Waals surface area (Å²) in [5.74, 6) is 0.115. The predicted molar refractivity (Wildman–Crippen MR) is 100 cm³/mol. The topological polar surface area (TPSA) is 99.3 Å². The average molecular weight is 369 g/mol. The number of hydrogen-bond donors (Lipinski definition) is 1. The van der Waals surface area contributed by atoms with Crippen LogP contribution in [0.1, 0.15) is 24.8 Å². The van der Waals surface area contributed by atoms with E-state index >= 15 is 0 Å². The number of carbonyl (C=O) groups excluding carboxylic acids is 3. The fourth-order valence-corrected chi connectivity index (χ4v) is 3.97. The molecule has 4 amide bonds. The van der Waals surface area contributed by atoms with Crippen LogP contribution in [0.25, 0.3) is 0 Å². The van der Waals surface area contributed by atoms with Gasteiger partial charge in [0.25, 0.3) is 0 Å². The van der Waals surface area contributed by atoms with Gasteiger partial charge in [-0.05, 0) is 31.4 Å². The van der Waals surface area contributed by atoms with Crippen LogP contribution >= 0.6 is 0 Å². The van der Waals surface area contributed by atoms with Crippen LogP contribution in [0.5, 0.6) is 0 Å². The lowest BCUT2D eigenvalue weighted by molar-refractivity contribution is -0.133. The molecule has 1 saturated heterocycles. The number of amides is 4. The number of amidine groups is 1. The quantitative estimate of drug-likeness (QED) is 0.853. The maximum atomic E-state index is 13.0. The number of rotatable bonds is 3. The number of para-hydroxylation sites is 1. The van der Waals surface area contributed by atoms with Gasteiger partial charge in [-0.2, -0.15) is 0 Å². The first-order valence-corrected chi connectivity index (χ1v) is 9.36. The number of nitrogens with zero attached hydrogens (tertiary/aromatic N) is 4. The van der Waals surface area contributed by atoms with E-state index in [4.69, 9.17) is 5.73 Å². The summed E-state index contributed by atoms with van der Waals surface area (Å²) in [6, 6.07) is 7.37.